The maximum absolute atomic E-state index is 14.4. The second-order valence-electron chi connectivity index (χ2n) is 19.1. The predicted molar refractivity (Wildman–Crippen MR) is 242 cm³/mol. The minimum absolute atomic E-state index is 0.0620. The van der Waals surface area contributed by atoms with Crippen LogP contribution in [-0.4, -0.2) is 71.8 Å². The molecule has 0 bridgehead atoms. The molecule has 2 saturated heterocycles. The van der Waals surface area contributed by atoms with Crippen molar-refractivity contribution in [1.29, 1.82) is 0 Å². The van der Waals surface area contributed by atoms with Gasteiger partial charge in [-0.05, 0) is 156 Å². The highest BCUT2D eigenvalue weighted by molar-refractivity contribution is 5.92. The van der Waals surface area contributed by atoms with Gasteiger partial charge in [0.05, 0.1) is 30.7 Å². The first-order valence-electron chi connectivity index (χ1n) is 23.9. The van der Waals surface area contributed by atoms with Crippen molar-refractivity contribution in [3.8, 4) is 11.5 Å². The molecule has 0 aromatic heterocycles. The van der Waals surface area contributed by atoms with Gasteiger partial charge >= 0.3 is 24.3 Å². The molecule has 8 nitrogen and oxygen atoms in total. The van der Waals surface area contributed by atoms with E-state index in [1.54, 1.807) is 49.4 Å². The van der Waals surface area contributed by atoms with Crippen LogP contribution in [0.2, 0.25) is 0 Å². The molecular weight excluding hydrogens is 863 g/mol. The van der Waals surface area contributed by atoms with Crippen molar-refractivity contribution >= 4 is 33.5 Å². The molecule has 2 saturated carbocycles. The van der Waals surface area contributed by atoms with Crippen LogP contribution in [0.4, 0.5) is 26.3 Å². The minimum atomic E-state index is -4.54. The van der Waals surface area contributed by atoms with Crippen LogP contribution >= 0.6 is 0 Å². The zero-order valence-corrected chi connectivity index (χ0v) is 38.3. The summed E-state index contributed by atoms with van der Waals surface area (Å²) in [7, 11) is 0. The third kappa shape index (κ3) is 12.3. The molecule has 4 aliphatic rings. The smallest absolute Gasteiger partial charge is 0.420 e. The Kier molecular flexibility index (Phi) is 16.1. The van der Waals surface area contributed by atoms with Crippen molar-refractivity contribution < 1.29 is 55.2 Å². The van der Waals surface area contributed by atoms with E-state index >= 15 is 0 Å². The number of alkyl halides is 6. The van der Waals surface area contributed by atoms with Gasteiger partial charge in [-0.25, -0.2) is 0 Å². The van der Waals surface area contributed by atoms with E-state index in [9.17, 15) is 41.0 Å². The number of likely N-dealkylation sites (tertiary alicyclic amines) is 2. The average molecular weight is 927 g/mol. The molecule has 4 aromatic rings. The maximum Gasteiger partial charge on any atom is 0.420 e. The number of fused-ring (bicyclic) bond motifs is 2. The molecule has 0 spiro atoms. The molecule has 2 aliphatic heterocycles. The number of carboxylic acids is 1. The Morgan fingerprint density at radius 1 is 0.576 bits per heavy atom. The Labute approximate surface area is 383 Å². The van der Waals surface area contributed by atoms with Crippen LogP contribution in [0, 0.1) is 23.7 Å². The molecule has 2 heterocycles. The van der Waals surface area contributed by atoms with Gasteiger partial charge in [0.2, 0.25) is 0 Å². The number of aliphatic carboxylic acids is 1. The molecule has 14 heteroatoms. The van der Waals surface area contributed by atoms with E-state index in [-0.39, 0.29) is 52.3 Å². The van der Waals surface area contributed by atoms with Crippen LogP contribution in [0.15, 0.2) is 60.7 Å². The van der Waals surface area contributed by atoms with E-state index < -0.39 is 29.4 Å². The number of hydrogen-bond acceptors (Lipinski definition) is 7. The van der Waals surface area contributed by atoms with Gasteiger partial charge in [0, 0.05) is 23.9 Å². The van der Waals surface area contributed by atoms with Gasteiger partial charge in [0.25, 0.3) is 0 Å². The quantitative estimate of drug-likeness (QED) is 0.118. The summed E-state index contributed by atoms with van der Waals surface area (Å²) in [4.78, 5) is 27.4. The van der Waals surface area contributed by atoms with Crippen LogP contribution in [0.1, 0.15) is 120 Å². The van der Waals surface area contributed by atoms with Crippen molar-refractivity contribution in [1.82, 2.24) is 9.80 Å². The van der Waals surface area contributed by atoms with E-state index in [2.05, 4.69) is 18.7 Å². The summed E-state index contributed by atoms with van der Waals surface area (Å²) in [5.74, 6) is -0.438. The third-order valence-electron chi connectivity index (χ3n) is 14.2. The molecule has 4 fully saturated rings. The van der Waals surface area contributed by atoms with E-state index in [0.717, 1.165) is 51.4 Å². The molecule has 4 aromatic carbocycles. The monoisotopic (exact) mass is 926 g/mol. The highest BCUT2D eigenvalue weighted by atomic mass is 19.4. The Hall–Kier alpha value is -4.56. The summed E-state index contributed by atoms with van der Waals surface area (Å²) in [6.45, 7) is 9.68. The first-order valence-corrected chi connectivity index (χ1v) is 23.9. The van der Waals surface area contributed by atoms with Crippen LogP contribution < -0.4 is 9.47 Å². The van der Waals surface area contributed by atoms with Crippen molar-refractivity contribution in [2.75, 3.05) is 32.8 Å². The summed E-state index contributed by atoms with van der Waals surface area (Å²) in [5.41, 5.74) is -0.112. The number of hydrogen-bond donors (Lipinski definition) is 1. The normalized spacial score (nSPS) is 23.0. The largest absolute Gasteiger partial charge is 0.490 e. The van der Waals surface area contributed by atoms with Gasteiger partial charge in [-0.1, -0.05) is 62.4 Å². The lowest BCUT2D eigenvalue weighted by molar-refractivity contribution is -0.149. The number of halogens is 6. The van der Waals surface area contributed by atoms with Crippen LogP contribution in [0.25, 0.3) is 21.5 Å². The van der Waals surface area contributed by atoms with Crippen molar-refractivity contribution in [3.63, 3.8) is 0 Å². The summed E-state index contributed by atoms with van der Waals surface area (Å²) in [6, 6.07) is 16.9. The van der Waals surface area contributed by atoms with Crippen molar-refractivity contribution in [3.05, 3.63) is 82.9 Å². The summed E-state index contributed by atoms with van der Waals surface area (Å²) in [6.07, 6.45) is -0.0687. The number of carbonyl (C=O) groups excluding carboxylic acids is 1. The molecule has 0 unspecified atom stereocenters. The predicted octanol–water partition coefficient (Wildman–Crippen LogP) is 12.7. The van der Waals surface area contributed by atoms with Crippen molar-refractivity contribution in [2.45, 2.75) is 135 Å². The van der Waals surface area contributed by atoms with Gasteiger partial charge in [0.1, 0.15) is 22.6 Å². The number of nitrogens with zero attached hydrogens (tertiary/aromatic N) is 2. The van der Waals surface area contributed by atoms with Gasteiger partial charge in [-0.2, -0.15) is 26.3 Å². The topological polar surface area (TPSA) is 88.5 Å². The first-order chi connectivity index (χ1) is 31.5. The zero-order valence-electron chi connectivity index (χ0n) is 38.3. The second-order valence-corrected chi connectivity index (χ2v) is 19.1. The van der Waals surface area contributed by atoms with Crippen LogP contribution in [-0.2, 0) is 39.8 Å². The van der Waals surface area contributed by atoms with Gasteiger partial charge in [-0.3, -0.25) is 19.4 Å². The molecule has 1 N–H and O–H groups in total. The Morgan fingerprint density at radius 3 is 1.33 bits per heavy atom. The Balaban J connectivity index is 0.000000197. The lowest BCUT2D eigenvalue weighted by Gasteiger charge is -2.31. The Bertz CT molecular complexity index is 2270. The third-order valence-corrected chi connectivity index (χ3v) is 14.2. The highest BCUT2D eigenvalue weighted by Crippen LogP contribution is 2.46. The van der Waals surface area contributed by atoms with Gasteiger partial charge in [-0.15, -0.1) is 0 Å². The van der Waals surface area contributed by atoms with E-state index in [0.29, 0.717) is 105 Å². The first kappa shape index (κ1) is 49.3. The number of esters is 1. The number of ether oxygens (including phenoxy) is 3. The molecule has 66 heavy (non-hydrogen) atoms. The molecule has 0 amide bonds. The fraction of sp³-hybridized carbons (Fsp3) is 0.577. The summed E-state index contributed by atoms with van der Waals surface area (Å²) >= 11 is 0. The average Bonchev–Trinajstić information content (AvgIpc) is 3.28. The fourth-order valence-corrected chi connectivity index (χ4v) is 10.4. The standard InChI is InChI=1S/C27H34F3NO3.C25H30F3NO3/c1-3-33-26(32)20-13-15-31(16-14-20)17-21-6-4-5-19-9-12-23(25(24(19)21)27(28,29)30)34-22-10-7-18(2)8-11-22;1-16-5-8-20(9-6-16)32-21-10-7-17-3-2-4-19(22(17)23(21)25(26,27)28)15-29-13-11-18(12-14-29)24(30)31/h4-6,9,12,18,20,22H,3,7-8,10-11,13-17H2,1-2H3;2-4,7,10,16,18,20H,5-6,8-9,11-15H2,1H3,(H,30,31). The van der Waals surface area contributed by atoms with Gasteiger partial charge < -0.3 is 19.3 Å². The maximum atomic E-state index is 14.4. The molecule has 0 radical (unpaired) electrons. The highest BCUT2D eigenvalue weighted by Gasteiger charge is 2.40. The summed E-state index contributed by atoms with van der Waals surface area (Å²) < 4.78 is 103. The molecular formula is C52H64F6N2O6. The summed E-state index contributed by atoms with van der Waals surface area (Å²) in [5, 5.41) is 10.7. The zero-order chi connectivity index (χ0) is 47.2. The molecule has 360 valence electrons. The van der Waals surface area contributed by atoms with Gasteiger partial charge in [0.15, 0.2) is 0 Å². The lowest BCUT2D eigenvalue weighted by atomic mass is 9.89. The van der Waals surface area contributed by atoms with Crippen LogP contribution in [0.5, 0.6) is 11.5 Å². The van der Waals surface area contributed by atoms with Crippen molar-refractivity contribution in [2.24, 2.45) is 23.7 Å². The van der Waals surface area contributed by atoms with E-state index in [1.165, 1.54) is 12.1 Å². The second kappa shape index (κ2) is 21.6. The molecule has 0 atom stereocenters. The lowest BCUT2D eigenvalue weighted by Crippen LogP contribution is -2.36. The Morgan fingerprint density at radius 2 is 0.970 bits per heavy atom. The van der Waals surface area contributed by atoms with E-state index in [1.807, 2.05) is 11.0 Å². The number of carbonyl (C=O) groups is 2. The molecule has 2 aliphatic carbocycles. The minimum Gasteiger partial charge on any atom is -0.490 e. The fourth-order valence-electron chi connectivity index (χ4n) is 10.4. The number of rotatable bonds is 11. The van der Waals surface area contributed by atoms with E-state index in [4.69, 9.17) is 14.2 Å². The molecule has 8 rings (SSSR count). The number of carboxylic acid groups (broad SMARTS) is 1. The number of benzene rings is 4. The van der Waals surface area contributed by atoms with Crippen LogP contribution in [0.3, 0.4) is 0 Å². The number of piperidine rings is 2. The SMILES string of the molecule is CC1CCC(Oc2ccc3cccc(CN4CCC(C(=O)O)CC4)c3c2C(F)(F)F)CC1.CCOC(=O)C1CCN(Cc2cccc3ccc(OC4CCC(C)CC4)c(C(F)(F)F)c23)CC1.